The molecule has 0 amide bonds. The Hall–Kier alpha value is -3.24. The Morgan fingerprint density at radius 1 is 0.912 bits per heavy atom. The Balaban J connectivity index is 1.51. The summed E-state index contributed by atoms with van der Waals surface area (Å²) in [5.41, 5.74) is 5.95. The van der Waals surface area contributed by atoms with Crippen molar-refractivity contribution < 1.29 is 9.53 Å². The molecule has 0 bridgehead atoms. The number of hydrogen-bond donors (Lipinski definition) is 2. The van der Waals surface area contributed by atoms with Crippen LogP contribution in [0.15, 0.2) is 84.1 Å². The number of nitrogens with one attached hydrogen (secondary N) is 2. The zero-order valence-electron chi connectivity index (χ0n) is 19.5. The highest BCUT2D eigenvalue weighted by atomic mass is 35.5. The van der Waals surface area contributed by atoms with Crippen molar-refractivity contribution in [1.29, 1.82) is 0 Å². The molecular formula is C29H29ClN2O2. The second-order valence-electron chi connectivity index (χ2n) is 9.49. The minimum atomic E-state index is -0.232. The van der Waals surface area contributed by atoms with Gasteiger partial charge in [0.15, 0.2) is 5.78 Å². The number of para-hydroxylation sites is 2. The molecule has 2 unspecified atom stereocenters. The van der Waals surface area contributed by atoms with Crippen molar-refractivity contribution in [3.63, 3.8) is 0 Å². The molecule has 2 N–H and O–H groups in total. The number of fused-ring (bicyclic) bond motifs is 1. The van der Waals surface area contributed by atoms with E-state index in [1.165, 1.54) is 0 Å². The van der Waals surface area contributed by atoms with Crippen molar-refractivity contribution in [1.82, 2.24) is 0 Å². The summed E-state index contributed by atoms with van der Waals surface area (Å²) >= 11 is 6.10. The van der Waals surface area contributed by atoms with Gasteiger partial charge in [-0.2, -0.15) is 0 Å². The summed E-state index contributed by atoms with van der Waals surface area (Å²) in [4.78, 5) is 13.6. The van der Waals surface area contributed by atoms with Crippen LogP contribution in [0.3, 0.4) is 0 Å². The summed E-state index contributed by atoms with van der Waals surface area (Å²) in [6.07, 6.45) is 1.25. The van der Waals surface area contributed by atoms with E-state index in [-0.39, 0.29) is 17.7 Å². The first kappa shape index (κ1) is 22.5. The van der Waals surface area contributed by atoms with Crippen LogP contribution in [-0.2, 0) is 4.79 Å². The topological polar surface area (TPSA) is 50.4 Å². The maximum atomic E-state index is 13.6. The predicted octanol–water partition coefficient (Wildman–Crippen LogP) is 7.35. The summed E-state index contributed by atoms with van der Waals surface area (Å²) in [6.45, 7) is 4.95. The number of rotatable bonds is 5. The molecule has 2 atom stereocenters. The Kier molecular flexibility index (Phi) is 6.34. The third kappa shape index (κ3) is 4.69. The molecule has 0 spiro atoms. The molecule has 0 saturated heterocycles. The number of allylic oxidation sites excluding steroid dienone is 1. The molecule has 1 heterocycles. The largest absolute Gasteiger partial charge is 0.493 e. The van der Waals surface area contributed by atoms with Crippen LogP contribution in [0.5, 0.6) is 5.75 Å². The molecule has 174 valence electrons. The third-order valence-electron chi connectivity index (χ3n) is 6.45. The molecule has 1 aliphatic heterocycles. The molecule has 5 heteroatoms. The summed E-state index contributed by atoms with van der Waals surface area (Å²) in [6, 6.07) is 23.8. The van der Waals surface area contributed by atoms with Gasteiger partial charge in [0, 0.05) is 22.7 Å². The van der Waals surface area contributed by atoms with Crippen LogP contribution in [0, 0.1) is 5.92 Å². The van der Waals surface area contributed by atoms with E-state index >= 15 is 0 Å². The van der Waals surface area contributed by atoms with Gasteiger partial charge in [-0.25, -0.2) is 0 Å². The fraction of sp³-hybridized carbons (Fsp3) is 0.276. The Labute approximate surface area is 206 Å². The van der Waals surface area contributed by atoms with Gasteiger partial charge in [0.1, 0.15) is 5.75 Å². The van der Waals surface area contributed by atoms with Crippen molar-refractivity contribution in [3.8, 4) is 5.75 Å². The maximum Gasteiger partial charge on any atom is 0.163 e. The highest BCUT2D eigenvalue weighted by Crippen LogP contribution is 2.44. The van der Waals surface area contributed by atoms with Gasteiger partial charge in [-0.05, 0) is 65.8 Å². The SMILES string of the molecule is CC(C)COc1ccc(C2Nc3ccccc3NC3=C2C(=O)CC(c2ccc(Cl)cc2)C3)cc1. The monoisotopic (exact) mass is 472 g/mol. The molecule has 3 aromatic carbocycles. The molecule has 3 aromatic rings. The minimum Gasteiger partial charge on any atom is -0.493 e. The number of carbonyl (C=O) groups is 1. The number of benzene rings is 3. The Morgan fingerprint density at radius 3 is 2.29 bits per heavy atom. The summed E-state index contributed by atoms with van der Waals surface area (Å²) in [5, 5.41) is 7.94. The number of ether oxygens (including phenoxy) is 1. The van der Waals surface area contributed by atoms with Gasteiger partial charge in [0.05, 0.1) is 24.0 Å². The van der Waals surface area contributed by atoms with E-state index in [9.17, 15) is 4.79 Å². The number of halogens is 1. The molecule has 5 rings (SSSR count). The molecule has 0 radical (unpaired) electrons. The van der Waals surface area contributed by atoms with E-state index in [4.69, 9.17) is 16.3 Å². The zero-order chi connectivity index (χ0) is 23.7. The van der Waals surface area contributed by atoms with Crippen molar-refractivity contribution in [2.45, 2.75) is 38.6 Å². The second kappa shape index (κ2) is 9.55. The van der Waals surface area contributed by atoms with Crippen LogP contribution in [-0.4, -0.2) is 12.4 Å². The van der Waals surface area contributed by atoms with Crippen molar-refractivity contribution in [2.75, 3.05) is 17.2 Å². The van der Waals surface area contributed by atoms with Crippen LogP contribution >= 0.6 is 11.6 Å². The number of anilines is 2. The molecule has 0 aromatic heterocycles. The molecule has 1 aliphatic carbocycles. The van der Waals surface area contributed by atoms with Crippen LogP contribution < -0.4 is 15.4 Å². The van der Waals surface area contributed by atoms with Gasteiger partial charge in [0.25, 0.3) is 0 Å². The second-order valence-corrected chi connectivity index (χ2v) is 9.93. The normalized spacial score (nSPS) is 19.6. The highest BCUT2D eigenvalue weighted by Gasteiger charge is 2.36. The molecular weight excluding hydrogens is 444 g/mol. The fourth-order valence-corrected chi connectivity index (χ4v) is 4.86. The van der Waals surface area contributed by atoms with E-state index in [2.05, 4.69) is 48.7 Å². The van der Waals surface area contributed by atoms with Crippen LogP contribution in [0.4, 0.5) is 11.4 Å². The van der Waals surface area contributed by atoms with Crippen LogP contribution in [0.25, 0.3) is 0 Å². The number of hydrogen-bond acceptors (Lipinski definition) is 4. The average Bonchev–Trinajstić information content (AvgIpc) is 3.00. The number of carbonyl (C=O) groups excluding carboxylic acids is 1. The van der Waals surface area contributed by atoms with Gasteiger partial charge < -0.3 is 15.4 Å². The molecule has 4 nitrogen and oxygen atoms in total. The van der Waals surface area contributed by atoms with E-state index in [1.807, 2.05) is 48.5 Å². The van der Waals surface area contributed by atoms with Crippen molar-refractivity contribution >= 4 is 28.8 Å². The lowest BCUT2D eigenvalue weighted by Gasteiger charge is -2.30. The highest BCUT2D eigenvalue weighted by molar-refractivity contribution is 6.30. The molecule has 2 aliphatic rings. The Bertz CT molecular complexity index is 1220. The first-order valence-corrected chi connectivity index (χ1v) is 12.2. The molecule has 0 fully saturated rings. The van der Waals surface area contributed by atoms with E-state index in [0.717, 1.165) is 45.9 Å². The van der Waals surface area contributed by atoms with Crippen LogP contribution in [0.1, 0.15) is 49.8 Å². The lowest BCUT2D eigenvalue weighted by molar-refractivity contribution is -0.116. The van der Waals surface area contributed by atoms with Crippen molar-refractivity contribution in [3.05, 3.63) is 100 Å². The predicted molar refractivity (Wildman–Crippen MR) is 139 cm³/mol. The quantitative estimate of drug-likeness (QED) is 0.407. The van der Waals surface area contributed by atoms with Gasteiger partial charge >= 0.3 is 0 Å². The summed E-state index contributed by atoms with van der Waals surface area (Å²) in [5.74, 6) is 1.59. The standard InChI is InChI=1S/C29H29ClN2O2/c1-18(2)17-34-23-13-9-20(10-14-23)29-28-26(31-24-5-3-4-6-25(24)32-29)15-21(16-27(28)33)19-7-11-22(30)12-8-19/h3-14,18,21,29,31-32H,15-17H2,1-2H3. The van der Waals surface area contributed by atoms with Gasteiger partial charge in [-0.1, -0.05) is 61.8 Å². The first-order chi connectivity index (χ1) is 16.5. The molecule has 0 saturated carbocycles. The summed E-state index contributed by atoms with van der Waals surface area (Å²) < 4.78 is 5.87. The van der Waals surface area contributed by atoms with E-state index < -0.39 is 0 Å². The van der Waals surface area contributed by atoms with Gasteiger partial charge in [-0.3, -0.25) is 4.79 Å². The zero-order valence-corrected chi connectivity index (χ0v) is 20.2. The maximum absolute atomic E-state index is 13.6. The van der Waals surface area contributed by atoms with Crippen LogP contribution in [0.2, 0.25) is 5.02 Å². The smallest absolute Gasteiger partial charge is 0.163 e. The summed E-state index contributed by atoms with van der Waals surface area (Å²) in [7, 11) is 0. The number of ketones is 1. The minimum absolute atomic E-state index is 0.119. The third-order valence-corrected chi connectivity index (χ3v) is 6.70. The van der Waals surface area contributed by atoms with Crippen molar-refractivity contribution in [2.24, 2.45) is 5.92 Å². The number of Topliss-reactive ketones (excluding diaryl/α,β-unsaturated/α-hetero) is 1. The molecule has 34 heavy (non-hydrogen) atoms. The van der Waals surface area contributed by atoms with E-state index in [1.54, 1.807) is 0 Å². The van der Waals surface area contributed by atoms with Gasteiger partial charge in [0.2, 0.25) is 0 Å². The lowest BCUT2D eigenvalue weighted by Crippen LogP contribution is -2.26. The fourth-order valence-electron chi connectivity index (χ4n) is 4.73. The Morgan fingerprint density at radius 2 is 1.59 bits per heavy atom. The lowest BCUT2D eigenvalue weighted by atomic mass is 9.78. The van der Waals surface area contributed by atoms with Gasteiger partial charge in [-0.15, -0.1) is 0 Å². The first-order valence-electron chi connectivity index (χ1n) is 11.8. The average molecular weight is 473 g/mol. The van der Waals surface area contributed by atoms with E-state index in [0.29, 0.717) is 24.0 Å².